The number of carboxylic acids is 1. The average Bonchev–Trinajstić information content (AvgIpc) is 2.27. The van der Waals surface area contributed by atoms with Gasteiger partial charge in [0, 0.05) is 5.56 Å². The number of para-hydroxylation sites is 1. The number of primary amides is 1. The molecule has 2 unspecified atom stereocenters. The molecule has 98 valence electrons. The van der Waals surface area contributed by atoms with E-state index >= 15 is 0 Å². The van der Waals surface area contributed by atoms with Gasteiger partial charge in [-0.05, 0) is 6.07 Å². The first-order valence-electron chi connectivity index (χ1n) is 5.10. The van der Waals surface area contributed by atoms with Crippen molar-refractivity contribution in [3.05, 3.63) is 29.3 Å². The molecule has 0 spiro atoms. The van der Waals surface area contributed by atoms with E-state index in [-0.39, 0.29) is 16.8 Å². The van der Waals surface area contributed by atoms with Crippen LogP contribution in [0.3, 0.4) is 0 Å². The molecule has 7 heteroatoms. The Morgan fingerprint density at radius 1 is 1.28 bits per heavy atom. The van der Waals surface area contributed by atoms with Crippen molar-refractivity contribution in [3.8, 4) is 0 Å². The predicted molar refractivity (Wildman–Crippen MR) is 62.6 cm³/mol. The van der Waals surface area contributed by atoms with Crippen LogP contribution < -0.4 is 11.5 Å². The van der Waals surface area contributed by atoms with Gasteiger partial charge in [0.15, 0.2) is 0 Å². The molecule has 18 heavy (non-hydrogen) atoms. The van der Waals surface area contributed by atoms with Crippen molar-refractivity contribution in [3.63, 3.8) is 0 Å². The Kier molecular flexibility index (Phi) is 4.24. The summed E-state index contributed by atoms with van der Waals surface area (Å²) in [6, 6.07) is 4.03. The molecule has 0 aliphatic rings. The number of aliphatic hydroxyl groups excluding tert-OH is 2. The Bertz CT molecular complexity index is 475. The van der Waals surface area contributed by atoms with Crippen LogP contribution in [-0.2, 0) is 4.79 Å². The summed E-state index contributed by atoms with van der Waals surface area (Å²) in [6.45, 7) is 0. The van der Waals surface area contributed by atoms with Crippen molar-refractivity contribution < 1.29 is 24.9 Å². The first-order valence-corrected chi connectivity index (χ1v) is 5.10. The lowest BCUT2D eigenvalue weighted by molar-refractivity contribution is -0.121. The van der Waals surface area contributed by atoms with Crippen molar-refractivity contribution in [1.29, 1.82) is 0 Å². The average molecular weight is 254 g/mol. The molecule has 0 bridgehead atoms. The summed E-state index contributed by atoms with van der Waals surface area (Å²) >= 11 is 0. The molecule has 0 aliphatic carbocycles. The number of aromatic carboxylic acids is 1. The number of hydrogen-bond acceptors (Lipinski definition) is 5. The van der Waals surface area contributed by atoms with E-state index in [0.717, 1.165) is 0 Å². The third kappa shape index (κ3) is 2.96. The second kappa shape index (κ2) is 5.48. The summed E-state index contributed by atoms with van der Waals surface area (Å²) in [5.41, 5.74) is 10.2. The molecule has 0 aromatic heterocycles. The van der Waals surface area contributed by atoms with Gasteiger partial charge in [-0.25, -0.2) is 4.79 Å². The molecular formula is C11H14N2O5. The molecule has 0 aliphatic heterocycles. The lowest BCUT2D eigenvalue weighted by Gasteiger charge is -2.19. The number of carbonyl (C=O) groups excluding carboxylic acids is 1. The maximum atomic E-state index is 10.8. The Labute approximate surface area is 103 Å². The standard InChI is InChI=1S/C11H14N2O5/c12-8(15)4-7(14)10(16)5-2-1-3-6(9(5)13)11(17)18/h1-3,7,10,14,16H,4,13H2,(H2,12,15)(H,17,18). The summed E-state index contributed by atoms with van der Waals surface area (Å²) < 4.78 is 0. The minimum atomic E-state index is -1.48. The summed E-state index contributed by atoms with van der Waals surface area (Å²) in [4.78, 5) is 21.5. The van der Waals surface area contributed by atoms with Crippen LogP contribution in [0.2, 0.25) is 0 Å². The second-order valence-corrected chi connectivity index (χ2v) is 3.80. The van der Waals surface area contributed by atoms with Gasteiger partial charge >= 0.3 is 5.97 Å². The van der Waals surface area contributed by atoms with E-state index in [4.69, 9.17) is 16.6 Å². The third-order valence-electron chi connectivity index (χ3n) is 2.46. The van der Waals surface area contributed by atoms with E-state index in [1.165, 1.54) is 18.2 Å². The molecule has 0 fully saturated rings. The highest BCUT2D eigenvalue weighted by Crippen LogP contribution is 2.27. The number of benzene rings is 1. The molecule has 7 nitrogen and oxygen atoms in total. The fourth-order valence-corrected chi connectivity index (χ4v) is 1.55. The minimum Gasteiger partial charge on any atom is -0.478 e. The lowest BCUT2D eigenvalue weighted by atomic mass is 9.97. The van der Waals surface area contributed by atoms with Crippen LogP contribution in [-0.4, -0.2) is 33.3 Å². The maximum absolute atomic E-state index is 10.8. The zero-order valence-electron chi connectivity index (χ0n) is 9.41. The van der Waals surface area contributed by atoms with E-state index in [1.807, 2.05) is 0 Å². The summed E-state index contributed by atoms with van der Waals surface area (Å²) in [6.07, 6.45) is -3.36. The summed E-state index contributed by atoms with van der Waals surface area (Å²) in [5, 5.41) is 28.2. The quantitative estimate of drug-likeness (QED) is 0.436. The highest BCUT2D eigenvalue weighted by molar-refractivity contribution is 5.94. The van der Waals surface area contributed by atoms with E-state index in [2.05, 4.69) is 0 Å². The van der Waals surface area contributed by atoms with Crippen LogP contribution >= 0.6 is 0 Å². The van der Waals surface area contributed by atoms with Gasteiger partial charge < -0.3 is 26.8 Å². The molecule has 0 saturated heterocycles. The van der Waals surface area contributed by atoms with E-state index < -0.39 is 30.5 Å². The van der Waals surface area contributed by atoms with Crippen molar-refractivity contribution in [1.82, 2.24) is 0 Å². The zero-order valence-corrected chi connectivity index (χ0v) is 9.41. The maximum Gasteiger partial charge on any atom is 0.337 e. The molecule has 1 rings (SSSR count). The number of aliphatic hydroxyl groups is 2. The summed E-state index contributed by atoms with van der Waals surface area (Å²) in [5.74, 6) is -2.03. The molecule has 0 heterocycles. The highest BCUT2D eigenvalue weighted by atomic mass is 16.4. The smallest absolute Gasteiger partial charge is 0.337 e. The van der Waals surface area contributed by atoms with E-state index in [0.29, 0.717) is 0 Å². The van der Waals surface area contributed by atoms with Crippen LogP contribution in [0.1, 0.15) is 28.4 Å². The van der Waals surface area contributed by atoms with Crippen molar-refractivity contribution in [2.45, 2.75) is 18.6 Å². The number of anilines is 1. The Hall–Kier alpha value is -2.12. The molecular weight excluding hydrogens is 240 g/mol. The first kappa shape index (κ1) is 13.9. The molecule has 1 amide bonds. The van der Waals surface area contributed by atoms with Crippen LogP contribution in [0, 0.1) is 0 Å². The van der Waals surface area contributed by atoms with Gasteiger partial charge in [-0.1, -0.05) is 12.1 Å². The van der Waals surface area contributed by atoms with Crippen LogP contribution in [0.15, 0.2) is 18.2 Å². The number of nitrogens with two attached hydrogens (primary N) is 2. The third-order valence-corrected chi connectivity index (χ3v) is 2.46. The zero-order chi connectivity index (χ0) is 13.9. The van der Waals surface area contributed by atoms with E-state index in [9.17, 15) is 19.8 Å². The molecule has 1 aromatic rings. The Balaban J connectivity index is 3.06. The highest BCUT2D eigenvalue weighted by Gasteiger charge is 2.24. The van der Waals surface area contributed by atoms with Crippen LogP contribution in [0.4, 0.5) is 5.69 Å². The lowest BCUT2D eigenvalue weighted by Crippen LogP contribution is -2.26. The number of hydrogen-bond donors (Lipinski definition) is 5. The SMILES string of the molecule is NC(=O)CC(O)C(O)c1cccc(C(=O)O)c1N. The number of carboxylic acid groups (broad SMARTS) is 1. The number of rotatable bonds is 5. The van der Waals surface area contributed by atoms with Gasteiger partial charge in [-0.3, -0.25) is 4.79 Å². The molecule has 2 atom stereocenters. The van der Waals surface area contributed by atoms with Crippen molar-refractivity contribution in [2.75, 3.05) is 5.73 Å². The van der Waals surface area contributed by atoms with Crippen LogP contribution in [0.25, 0.3) is 0 Å². The first-order chi connectivity index (χ1) is 8.34. The largest absolute Gasteiger partial charge is 0.478 e. The Morgan fingerprint density at radius 2 is 1.89 bits per heavy atom. The minimum absolute atomic E-state index is 0.0450. The molecule has 0 radical (unpaired) electrons. The molecule has 7 N–H and O–H groups in total. The molecule has 0 saturated carbocycles. The van der Waals surface area contributed by atoms with Gasteiger partial charge in [-0.15, -0.1) is 0 Å². The number of carbonyl (C=O) groups is 2. The normalized spacial score (nSPS) is 13.9. The van der Waals surface area contributed by atoms with E-state index in [1.54, 1.807) is 0 Å². The Morgan fingerprint density at radius 3 is 2.39 bits per heavy atom. The fourth-order valence-electron chi connectivity index (χ4n) is 1.55. The van der Waals surface area contributed by atoms with Gasteiger partial charge in [0.05, 0.1) is 23.8 Å². The molecule has 1 aromatic carbocycles. The van der Waals surface area contributed by atoms with Crippen molar-refractivity contribution in [2.24, 2.45) is 5.73 Å². The van der Waals surface area contributed by atoms with Gasteiger partial charge in [-0.2, -0.15) is 0 Å². The van der Waals surface area contributed by atoms with Crippen LogP contribution in [0.5, 0.6) is 0 Å². The van der Waals surface area contributed by atoms with Gasteiger partial charge in [0.1, 0.15) is 6.10 Å². The second-order valence-electron chi connectivity index (χ2n) is 3.80. The number of amides is 1. The fraction of sp³-hybridized carbons (Fsp3) is 0.273. The van der Waals surface area contributed by atoms with Gasteiger partial charge in [0.2, 0.25) is 5.91 Å². The van der Waals surface area contributed by atoms with Gasteiger partial charge in [0.25, 0.3) is 0 Å². The summed E-state index contributed by atoms with van der Waals surface area (Å²) in [7, 11) is 0. The van der Waals surface area contributed by atoms with Crippen molar-refractivity contribution >= 4 is 17.6 Å². The number of nitrogen functional groups attached to an aromatic ring is 1. The predicted octanol–water partition coefficient (Wildman–Crippen LogP) is -0.763. The topological polar surface area (TPSA) is 147 Å². The monoisotopic (exact) mass is 254 g/mol.